The van der Waals surface area contributed by atoms with Crippen LogP contribution in [0.15, 0.2) is 427 Å². The van der Waals surface area contributed by atoms with Crippen LogP contribution in [0, 0.1) is 0 Å². The summed E-state index contributed by atoms with van der Waals surface area (Å²) in [5.41, 5.74) is 20.6. The number of aromatic nitrogens is 12. The molecule has 0 unspecified atom stereocenters. The van der Waals surface area contributed by atoms with Gasteiger partial charge >= 0.3 is 0 Å². The Bertz CT molecular complexity index is 10200. The first-order chi connectivity index (χ1) is 69.8. The molecule has 0 aliphatic carbocycles. The van der Waals surface area contributed by atoms with Gasteiger partial charge in [-0.05, 0) is 164 Å². The molecule has 660 valence electrons. The van der Waals surface area contributed by atoms with E-state index in [1.54, 1.807) is 34.0 Å². The highest BCUT2D eigenvalue weighted by atomic mass is 32.1. The van der Waals surface area contributed by atoms with E-state index in [1.165, 1.54) is 9.40 Å². The smallest absolute Gasteiger partial charge is 0.227 e. The number of nitrogens with zero attached hydrogens (tertiary/aromatic N) is 12. The average molecular weight is 1870 g/mol. The van der Waals surface area contributed by atoms with E-state index in [9.17, 15) is 0 Å². The van der Waals surface area contributed by atoms with Gasteiger partial charge in [0.05, 0.1) is 5.56 Å². The average Bonchev–Trinajstić information content (AvgIpc) is 1.62. The molecule has 18 aromatic carbocycles. The number of fused-ring (bicyclic) bond motifs is 21. The molecule has 30 rings (SSSR count). The highest BCUT2D eigenvalue weighted by Gasteiger charge is 2.27. The maximum atomic E-state index is 6.41. The first kappa shape index (κ1) is 80.9. The molecule has 0 radical (unpaired) electrons. The summed E-state index contributed by atoms with van der Waals surface area (Å²) in [5, 5.41) is 12.9. The minimum atomic E-state index is 0.558. The molecule has 0 amide bonds. The van der Waals surface area contributed by atoms with Crippen molar-refractivity contribution in [3.8, 4) is 137 Å². The van der Waals surface area contributed by atoms with Gasteiger partial charge in [0.2, 0.25) is 17.7 Å². The van der Waals surface area contributed by atoms with Crippen LogP contribution in [0.4, 0.5) is 0 Å². The van der Waals surface area contributed by atoms with Crippen molar-refractivity contribution in [2.75, 3.05) is 0 Å². The van der Waals surface area contributed by atoms with Gasteiger partial charge in [0.15, 0.2) is 69.2 Å². The predicted octanol–water partition coefficient (Wildman–Crippen LogP) is 32.8. The Hall–Kier alpha value is -18.5. The van der Waals surface area contributed by atoms with Crippen LogP contribution < -0.4 is 0 Å². The monoisotopic (exact) mass is 1870 g/mol. The van der Waals surface area contributed by atoms with Crippen molar-refractivity contribution in [1.82, 2.24) is 59.8 Å². The van der Waals surface area contributed by atoms with E-state index in [-0.39, 0.29) is 0 Å². The van der Waals surface area contributed by atoms with Gasteiger partial charge in [-0.25, -0.2) is 59.8 Å². The van der Waals surface area contributed by atoms with Crippen molar-refractivity contribution >= 4 is 194 Å². The summed E-state index contributed by atoms with van der Waals surface area (Å²) in [6, 6.07) is 134. The second-order valence-electron chi connectivity index (χ2n) is 34.4. The molecule has 0 spiro atoms. The zero-order chi connectivity index (χ0) is 92.7. The molecule has 0 aliphatic rings. The summed E-state index contributed by atoms with van der Waals surface area (Å²) < 4.78 is 44.1. The Morgan fingerprint density at radius 1 is 0.149 bits per heavy atom. The van der Waals surface area contributed by atoms with Crippen LogP contribution in [-0.2, 0) is 0 Å². The summed E-state index contributed by atoms with van der Waals surface area (Å²) >= 11 is 5.25. The molecule has 0 aliphatic heterocycles. The number of furan rings is 3. The van der Waals surface area contributed by atoms with Gasteiger partial charge in [-0.2, -0.15) is 0 Å². The molecule has 12 aromatic heterocycles. The summed E-state index contributed by atoms with van der Waals surface area (Å²) in [5.74, 6) is 7.18. The van der Waals surface area contributed by atoms with E-state index < -0.39 is 0 Å². The summed E-state index contributed by atoms with van der Waals surface area (Å²) in [4.78, 5) is 59.9. The third-order valence-corrected chi connectivity index (χ3v) is 29.2. The molecule has 0 saturated carbocycles. The van der Waals surface area contributed by atoms with Crippen LogP contribution in [0.3, 0.4) is 0 Å². The fraction of sp³-hybridized carbons (Fsp3) is 0. The lowest BCUT2D eigenvalue weighted by Gasteiger charge is -2.10. The second-order valence-corrected chi connectivity index (χ2v) is 37.6. The molecule has 21 heteroatoms. The normalized spacial score (nSPS) is 11.8. The summed E-state index contributed by atoms with van der Waals surface area (Å²) in [6.07, 6.45) is 0. The number of thiophene rings is 3. The van der Waals surface area contributed by atoms with Crippen LogP contribution in [0.1, 0.15) is 0 Å². The van der Waals surface area contributed by atoms with Crippen molar-refractivity contribution in [2.45, 2.75) is 0 Å². The SMILES string of the molecule is c1ccc(-c2nc(-c3ccc4c(c3)oc3ccccc34)nc(-c3cccc4sc5ccc(-c6nc7ccccc7o6)cc5c34)n2)cc1.c1ccc(-c2nc(-c3ccc4oc5ccccc5c4c3)nc(-c3cccc4sc5ccc(-c6nc7ccccc7o6)cc5c34)n2)cc1.c1ccc(-c2nc(-c3cccc4c3oc3ccccc34)nc(-c3cccc4sc5ccc(-c6nc7ccccc7o6)cc5c34)n2)cc1. The van der Waals surface area contributed by atoms with Crippen LogP contribution in [0.25, 0.3) is 296 Å². The van der Waals surface area contributed by atoms with Crippen molar-refractivity contribution < 1.29 is 26.5 Å². The van der Waals surface area contributed by atoms with Gasteiger partial charge in [-0.3, -0.25) is 0 Å². The Morgan fingerprint density at radius 2 is 0.440 bits per heavy atom. The quantitative estimate of drug-likeness (QED) is 0.111. The van der Waals surface area contributed by atoms with Gasteiger partial charge in [0.1, 0.15) is 50.0 Å². The van der Waals surface area contributed by atoms with Crippen molar-refractivity contribution in [3.05, 3.63) is 400 Å². The molecule has 141 heavy (non-hydrogen) atoms. The van der Waals surface area contributed by atoms with Crippen molar-refractivity contribution in [3.63, 3.8) is 0 Å². The molecule has 0 atom stereocenters. The van der Waals surface area contributed by atoms with Gasteiger partial charge in [0, 0.05) is 154 Å². The van der Waals surface area contributed by atoms with Crippen molar-refractivity contribution in [2.24, 2.45) is 0 Å². The zero-order valence-electron chi connectivity index (χ0n) is 74.1. The van der Waals surface area contributed by atoms with Gasteiger partial charge in [-0.1, -0.05) is 237 Å². The van der Waals surface area contributed by atoms with Crippen molar-refractivity contribution in [1.29, 1.82) is 0 Å². The Balaban J connectivity index is 0.000000104. The van der Waals surface area contributed by atoms with Gasteiger partial charge in [0.25, 0.3) is 0 Å². The fourth-order valence-corrected chi connectivity index (χ4v) is 22.4. The minimum Gasteiger partial charge on any atom is -0.456 e. The van der Waals surface area contributed by atoms with E-state index in [4.69, 9.17) is 86.3 Å². The molecule has 0 fully saturated rings. The lowest BCUT2D eigenvalue weighted by atomic mass is 10.0. The third kappa shape index (κ3) is 14.3. The lowest BCUT2D eigenvalue weighted by molar-refractivity contribution is 0.619. The number of hydrogen-bond donors (Lipinski definition) is 0. The Morgan fingerprint density at radius 3 is 0.872 bits per heavy atom. The lowest BCUT2D eigenvalue weighted by Crippen LogP contribution is -2.00. The molecule has 18 nitrogen and oxygen atoms in total. The Labute approximate surface area is 811 Å². The molecular weight excluding hydrogens is 1800 g/mol. The molecule has 12 heterocycles. The molecule has 0 N–H and O–H groups in total. The van der Waals surface area contributed by atoms with E-state index >= 15 is 0 Å². The first-order valence-corrected chi connectivity index (χ1v) is 48.4. The van der Waals surface area contributed by atoms with Crippen LogP contribution in [0.5, 0.6) is 0 Å². The number of para-hydroxylation sites is 10. The minimum absolute atomic E-state index is 0.558. The molecule has 30 aromatic rings. The fourth-order valence-electron chi connectivity index (χ4n) is 19.1. The van der Waals surface area contributed by atoms with Crippen LogP contribution in [0.2, 0.25) is 0 Å². The zero-order valence-corrected chi connectivity index (χ0v) is 76.6. The van der Waals surface area contributed by atoms with Gasteiger partial charge < -0.3 is 26.5 Å². The second kappa shape index (κ2) is 33.2. The topological polar surface area (TPSA) is 234 Å². The van der Waals surface area contributed by atoms with Gasteiger partial charge in [-0.15, -0.1) is 34.0 Å². The molecular formula is C120H66N12O6S3. The maximum Gasteiger partial charge on any atom is 0.227 e. The Kier molecular flexibility index (Phi) is 19.0. The largest absolute Gasteiger partial charge is 0.456 e. The van der Waals surface area contributed by atoms with Crippen LogP contribution >= 0.6 is 34.0 Å². The third-order valence-electron chi connectivity index (χ3n) is 25.7. The number of oxazole rings is 3. The van der Waals surface area contributed by atoms with Crippen LogP contribution in [-0.4, -0.2) is 59.8 Å². The number of benzene rings is 18. The summed E-state index contributed by atoms with van der Waals surface area (Å²) in [7, 11) is 0. The standard InChI is InChI=1S/3C40H22N4O2S/c1-2-10-23(11-3-1)37-42-38(44-39(43-37)28-15-8-13-26-25-12-4-6-17-31(25)45-36(26)28)27-14-9-19-34-35(27)29-22-24(20-21-33(29)47-34)40-41-30-16-5-7-18-32(30)46-40;1-2-9-23(10-3-1)37-42-38(24-17-19-27-26-11-4-6-14-31(26)45-33(27)22-24)44-39(43-37)28-12-8-16-35-36(28)29-21-25(18-20-34(29)47-35)40-41-30-13-5-7-15-32(30)46-40;1-2-9-23(10-3-1)37-42-38(24-17-19-32-28(21-24)26-11-4-6-14-31(26)45-32)44-39(43-37)27-12-8-16-35-36(27)29-22-25(18-20-34(29)47-35)40-41-30-13-5-7-15-33(30)46-40/h3*1-22H. The highest BCUT2D eigenvalue weighted by molar-refractivity contribution is 7.26. The highest BCUT2D eigenvalue weighted by Crippen LogP contribution is 2.48. The van der Waals surface area contributed by atoms with E-state index in [0.717, 1.165) is 217 Å². The van der Waals surface area contributed by atoms with E-state index in [2.05, 4.69) is 152 Å². The van der Waals surface area contributed by atoms with E-state index in [0.29, 0.717) is 70.1 Å². The molecule has 0 saturated heterocycles. The maximum absolute atomic E-state index is 6.41. The number of rotatable bonds is 12. The first-order valence-electron chi connectivity index (χ1n) is 45.9. The molecule has 0 bridgehead atoms. The predicted molar refractivity (Wildman–Crippen MR) is 568 cm³/mol. The summed E-state index contributed by atoms with van der Waals surface area (Å²) in [6.45, 7) is 0. The van der Waals surface area contributed by atoms with E-state index in [1.807, 2.05) is 249 Å². The number of hydrogen-bond acceptors (Lipinski definition) is 21.